The van der Waals surface area contributed by atoms with E-state index >= 15 is 0 Å². The summed E-state index contributed by atoms with van der Waals surface area (Å²) in [5.74, 6) is -0.811. The molecule has 1 rings (SSSR count). The van der Waals surface area contributed by atoms with E-state index in [9.17, 15) is 4.79 Å². The summed E-state index contributed by atoms with van der Waals surface area (Å²) < 4.78 is 4.67. The maximum atomic E-state index is 10.4. The van der Waals surface area contributed by atoms with Gasteiger partial charge in [0, 0.05) is 7.11 Å². The molecule has 0 fully saturated rings. The smallest absolute Gasteiger partial charge is 0.290 e. The van der Waals surface area contributed by atoms with Gasteiger partial charge in [-0.25, -0.2) is 0 Å². The predicted molar refractivity (Wildman–Crippen MR) is 33.3 cm³/mol. The number of nitrogens with zero attached hydrogens (tertiary/aromatic N) is 4. The molecule has 0 atom stereocenters. The number of hydrogen-bond donors (Lipinski definition) is 1. The van der Waals surface area contributed by atoms with Gasteiger partial charge in [-0.2, -0.15) is 0 Å². The zero-order valence-electron chi connectivity index (χ0n) is 5.89. The van der Waals surface area contributed by atoms with Crippen LogP contribution in [0.5, 0.6) is 0 Å². The third kappa shape index (κ3) is 1.71. The third-order valence-electron chi connectivity index (χ3n) is 0.918. The van der Waals surface area contributed by atoms with Crippen LogP contribution >= 0.6 is 0 Å². The summed E-state index contributed by atoms with van der Waals surface area (Å²) in [4.78, 5) is 11.5. The van der Waals surface area contributed by atoms with E-state index in [2.05, 4.69) is 20.1 Å². The summed E-state index contributed by atoms with van der Waals surface area (Å²) in [7, 11) is 1.48. The highest BCUT2D eigenvalue weighted by Crippen LogP contribution is 1.83. The van der Waals surface area contributed by atoms with Crippen molar-refractivity contribution in [3.05, 3.63) is 5.82 Å². The highest BCUT2D eigenvalue weighted by molar-refractivity contribution is 5.88. The molecule has 7 nitrogen and oxygen atoms in total. The summed E-state index contributed by atoms with van der Waals surface area (Å²) in [5.41, 5.74) is 4.87. The summed E-state index contributed by atoms with van der Waals surface area (Å²) in [6, 6.07) is 0. The minimum Gasteiger partial charge on any atom is -0.363 e. The van der Waals surface area contributed by atoms with E-state index < -0.39 is 5.91 Å². The Bertz CT molecular complexity index is 257. The maximum absolute atomic E-state index is 10.4. The number of nitrogens with two attached hydrogens (primary N) is 1. The number of primary amides is 1. The number of methoxy groups -OCH3 is 1. The van der Waals surface area contributed by atoms with Crippen molar-refractivity contribution >= 4 is 5.91 Å². The molecule has 0 aliphatic carbocycles. The molecule has 0 spiro atoms. The van der Waals surface area contributed by atoms with Gasteiger partial charge in [0.05, 0.1) is 0 Å². The maximum Gasteiger partial charge on any atom is 0.290 e. The number of tetrazole rings is 1. The Morgan fingerprint density at radius 1 is 1.82 bits per heavy atom. The Labute approximate surface area is 62.1 Å². The Balaban J connectivity index is 2.73. The first-order chi connectivity index (χ1) is 5.24. The van der Waals surface area contributed by atoms with Gasteiger partial charge in [0.2, 0.25) is 0 Å². The van der Waals surface area contributed by atoms with Crippen molar-refractivity contribution in [3.63, 3.8) is 0 Å². The first-order valence-corrected chi connectivity index (χ1v) is 2.80. The SMILES string of the molecule is COCn1nnc(C(N)=O)n1. The molecule has 0 aliphatic heterocycles. The summed E-state index contributed by atoms with van der Waals surface area (Å²) in [6.07, 6.45) is 0. The number of amides is 1. The van der Waals surface area contributed by atoms with Crippen LogP contribution in [0.3, 0.4) is 0 Å². The number of carbonyl (C=O) groups excluding carboxylic acids is 1. The Hall–Kier alpha value is -1.50. The standard InChI is InChI=1S/C4H7N5O2/c1-11-2-9-7-4(3(5)10)6-8-9/h2H2,1H3,(H2,5,10). The van der Waals surface area contributed by atoms with Gasteiger partial charge < -0.3 is 10.5 Å². The second kappa shape index (κ2) is 3.06. The molecular formula is C4H7N5O2. The fourth-order valence-electron chi connectivity index (χ4n) is 0.512. The fraction of sp³-hybridized carbons (Fsp3) is 0.500. The van der Waals surface area contributed by atoms with E-state index in [1.54, 1.807) is 0 Å². The molecule has 0 aromatic carbocycles. The lowest BCUT2D eigenvalue weighted by atomic mass is 10.6. The van der Waals surface area contributed by atoms with Crippen LogP contribution in [0.4, 0.5) is 0 Å². The number of ether oxygens (including phenoxy) is 1. The van der Waals surface area contributed by atoms with Crippen LogP contribution in [0.1, 0.15) is 10.6 Å². The van der Waals surface area contributed by atoms with Crippen LogP contribution in [-0.4, -0.2) is 33.2 Å². The van der Waals surface area contributed by atoms with Crippen LogP contribution in [-0.2, 0) is 11.5 Å². The molecule has 11 heavy (non-hydrogen) atoms. The fourth-order valence-corrected chi connectivity index (χ4v) is 0.512. The molecule has 1 aromatic rings. The Morgan fingerprint density at radius 2 is 2.55 bits per heavy atom. The Morgan fingerprint density at radius 3 is 3.00 bits per heavy atom. The number of carbonyl (C=O) groups is 1. The van der Waals surface area contributed by atoms with Crippen LogP contribution in [0.2, 0.25) is 0 Å². The zero-order valence-corrected chi connectivity index (χ0v) is 5.89. The number of rotatable bonds is 3. The minimum absolute atomic E-state index is 0.109. The van der Waals surface area contributed by atoms with Gasteiger partial charge >= 0.3 is 0 Å². The lowest BCUT2D eigenvalue weighted by Gasteiger charge is -1.91. The molecule has 0 radical (unpaired) electrons. The molecule has 2 N–H and O–H groups in total. The molecule has 0 unspecified atom stereocenters. The highest BCUT2D eigenvalue weighted by Gasteiger charge is 2.06. The average Bonchev–Trinajstić information content (AvgIpc) is 2.37. The van der Waals surface area contributed by atoms with Crippen molar-refractivity contribution in [2.45, 2.75) is 6.73 Å². The summed E-state index contributed by atoms with van der Waals surface area (Å²) in [6.45, 7) is 0.153. The van der Waals surface area contributed by atoms with Crippen LogP contribution in [0, 0.1) is 0 Å². The van der Waals surface area contributed by atoms with E-state index in [0.29, 0.717) is 0 Å². The molecular weight excluding hydrogens is 150 g/mol. The van der Waals surface area contributed by atoms with Gasteiger partial charge in [0.1, 0.15) is 0 Å². The van der Waals surface area contributed by atoms with Gasteiger partial charge in [-0.1, -0.05) is 0 Å². The Kier molecular flexibility index (Phi) is 2.12. The van der Waals surface area contributed by atoms with E-state index in [1.807, 2.05) is 0 Å². The summed E-state index contributed by atoms with van der Waals surface area (Å²) >= 11 is 0. The van der Waals surface area contributed by atoms with E-state index in [1.165, 1.54) is 7.11 Å². The van der Waals surface area contributed by atoms with Crippen LogP contribution < -0.4 is 5.73 Å². The molecule has 0 saturated heterocycles. The average molecular weight is 157 g/mol. The molecule has 0 bridgehead atoms. The molecule has 1 amide bonds. The summed E-state index contributed by atoms with van der Waals surface area (Å²) in [5, 5.41) is 10.4. The van der Waals surface area contributed by atoms with Gasteiger partial charge in [0.25, 0.3) is 11.7 Å². The first kappa shape index (κ1) is 7.61. The highest BCUT2D eigenvalue weighted by atomic mass is 16.5. The monoisotopic (exact) mass is 157 g/mol. The topological polar surface area (TPSA) is 95.9 Å². The normalized spacial score (nSPS) is 9.91. The largest absolute Gasteiger partial charge is 0.363 e. The second-order valence-electron chi connectivity index (χ2n) is 1.77. The second-order valence-corrected chi connectivity index (χ2v) is 1.77. The van der Waals surface area contributed by atoms with Crippen molar-refractivity contribution in [3.8, 4) is 0 Å². The molecule has 1 aromatic heterocycles. The lowest BCUT2D eigenvalue weighted by molar-refractivity contribution is 0.0978. The minimum atomic E-state index is -0.702. The van der Waals surface area contributed by atoms with Gasteiger partial charge in [-0.3, -0.25) is 4.79 Å². The molecule has 60 valence electrons. The number of hydrogen-bond acceptors (Lipinski definition) is 5. The zero-order chi connectivity index (χ0) is 8.27. The molecule has 0 saturated carbocycles. The molecule has 0 aliphatic rings. The predicted octanol–water partition coefficient (Wildman–Crippen LogP) is -1.62. The van der Waals surface area contributed by atoms with Gasteiger partial charge in [0.15, 0.2) is 6.73 Å². The van der Waals surface area contributed by atoms with E-state index in [-0.39, 0.29) is 12.6 Å². The number of aromatic nitrogens is 4. The van der Waals surface area contributed by atoms with E-state index in [4.69, 9.17) is 5.73 Å². The van der Waals surface area contributed by atoms with Gasteiger partial charge in [-0.05, 0) is 5.21 Å². The lowest BCUT2D eigenvalue weighted by Crippen LogP contribution is -2.13. The molecule has 1 heterocycles. The first-order valence-electron chi connectivity index (χ1n) is 2.80. The van der Waals surface area contributed by atoms with Gasteiger partial charge in [-0.15, -0.1) is 15.0 Å². The van der Waals surface area contributed by atoms with Crippen molar-refractivity contribution in [2.24, 2.45) is 5.73 Å². The third-order valence-corrected chi connectivity index (χ3v) is 0.918. The van der Waals surface area contributed by atoms with E-state index in [0.717, 1.165) is 4.80 Å². The van der Waals surface area contributed by atoms with Crippen molar-refractivity contribution in [1.29, 1.82) is 0 Å². The van der Waals surface area contributed by atoms with Crippen molar-refractivity contribution < 1.29 is 9.53 Å². The van der Waals surface area contributed by atoms with Crippen molar-refractivity contribution in [2.75, 3.05) is 7.11 Å². The van der Waals surface area contributed by atoms with Crippen LogP contribution in [0.15, 0.2) is 0 Å². The van der Waals surface area contributed by atoms with Crippen molar-refractivity contribution in [1.82, 2.24) is 20.2 Å². The van der Waals surface area contributed by atoms with Crippen LogP contribution in [0.25, 0.3) is 0 Å². The molecule has 7 heteroatoms. The quantitative estimate of drug-likeness (QED) is 0.568.